The lowest BCUT2D eigenvalue weighted by molar-refractivity contribution is -0.118. The highest BCUT2D eigenvalue weighted by atomic mass is 19.1. The van der Waals surface area contributed by atoms with Crippen molar-refractivity contribution in [3.05, 3.63) is 24.0 Å². The quantitative estimate of drug-likeness (QED) is 0.653. The van der Waals surface area contributed by atoms with Crippen molar-refractivity contribution >= 4 is 23.3 Å². The molecule has 0 bridgehead atoms. The van der Waals surface area contributed by atoms with Gasteiger partial charge in [0.25, 0.3) is 0 Å². The van der Waals surface area contributed by atoms with Gasteiger partial charge in [0, 0.05) is 26.7 Å². The summed E-state index contributed by atoms with van der Waals surface area (Å²) in [5.74, 6) is -0.961. The van der Waals surface area contributed by atoms with Crippen LogP contribution in [0.4, 0.5) is 20.6 Å². The normalized spacial score (nSPS) is 13.7. The van der Waals surface area contributed by atoms with Gasteiger partial charge in [-0.25, -0.2) is 9.18 Å². The number of nitrogens with zero attached hydrogens (tertiary/aromatic N) is 1. The lowest BCUT2D eigenvalue weighted by Gasteiger charge is -2.22. The summed E-state index contributed by atoms with van der Waals surface area (Å²) in [6.07, 6.45) is 2.14. The number of hydrogen-bond donors (Lipinski definition) is 3. The Morgan fingerprint density at radius 3 is 2.75 bits per heavy atom. The summed E-state index contributed by atoms with van der Waals surface area (Å²) in [6, 6.07) is 4.22. The molecule has 2 rings (SSSR count). The number of carbonyl (C=O) groups is 2. The van der Waals surface area contributed by atoms with Crippen LogP contribution in [0, 0.1) is 5.82 Å². The van der Waals surface area contributed by atoms with Crippen LogP contribution in [0.2, 0.25) is 0 Å². The standard InChI is InChI=1S/C16H23FN4O3/c1-24-10-7-18-16(23)20-14(22)11-19-15-12(17)5-4-6-13(15)21-8-2-3-9-21/h4-6,19H,2-3,7-11H2,1H3,(H2,18,20,22,23). The van der Waals surface area contributed by atoms with E-state index in [1.165, 1.54) is 13.2 Å². The Balaban J connectivity index is 1.89. The van der Waals surface area contributed by atoms with Gasteiger partial charge in [-0.3, -0.25) is 10.1 Å². The number of amides is 3. The number of anilines is 2. The van der Waals surface area contributed by atoms with E-state index in [1.807, 2.05) is 6.07 Å². The summed E-state index contributed by atoms with van der Waals surface area (Å²) in [5.41, 5.74) is 1.03. The highest BCUT2D eigenvalue weighted by molar-refractivity contribution is 5.96. The van der Waals surface area contributed by atoms with Crippen LogP contribution in [-0.4, -0.2) is 51.8 Å². The molecular weight excluding hydrogens is 315 g/mol. The Labute approximate surface area is 140 Å². The summed E-state index contributed by atoms with van der Waals surface area (Å²) >= 11 is 0. The van der Waals surface area contributed by atoms with Gasteiger partial charge < -0.3 is 20.3 Å². The molecule has 132 valence electrons. The number of carbonyl (C=O) groups excluding carboxylic acids is 2. The SMILES string of the molecule is COCCNC(=O)NC(=O)CNc1c(F)cccc1N1CCCC1. The molecule has 0 radical (unpaired) electrons. The Kier molecular flexibility index (Phi) is 6.80. The molecule has 8 heteroatoms. The highest BCUT2D eigenvalue weighted by Gasteiger charge is 2.18. The molecule has 1 aliphatic rings. The number of ether oxygens (including phenoxy) is 1. The van der Waals surface area contributed by atoms with Crippen LogP contribution in [-0.2, 0) is 9.53 Å². The third-order valence-electron chi connectivity index (χ3n) is 3.71. The number of para-hydroxylation sites is 1. The van der Waals surface area contributed by atoms with Crippen LogP contribution in [0.3, 0.4) is 0 Å². The largest absolute Gasteiger partial charge is 0.383 e. The van der Waals surface area contributed by atoms with Crippen molar-refractivity contribution in [2.45, 2.75) is 12.8 Å². The molecular formula is C16H23FN4O3. The first-order valence-electron chi connectivity index (χ1n) is 7.95. The fraction of sp³-hybridized carbons (Fsp3) is 0.500. The second-order valence-electron chi connectivity index (χ2n) is 5.48. The predicted octanol–water partition coefficient (Wildman–Crippen LogP) is 1.31. The topological polar surface area (TPSA) is 82.7 Å². The summed E-state index contributed by atoms with van der Waals surface area (Å²) in [6.45, 7) is 2.20. The van der Waals surface area contributed by atoms with E-state index < -0.39 is 17.8 Å². The first-order valence-corrected chi connectivity index (χ1v) is 7.95. The monoisotopic (exact) mass is 338 g/mol. The second-order valence-corrected chi connectivity index (χ2v) is 5.48. The first-order chi connectivity index (χ1) is 11.6. The molecule has 1 heterocycles. The van der Waals surface area contributed by atoms with Crippen LogP contribution in [0.25, 0.3) is 0 Å². The zero-order valence-corrected chi connectivity index (χ0v) is 13.7. The van der Waals surface area contributed by atoms with Crippen molar-refractivity contribution < 1.29 is 18.7 Å². The van der Waals surface area contributed by atoms with Gasteiger partial charge in [-0.15, -0.1) is 0 Å². The Morgan fingerprint density at radius 2 is 2.04 bits per heavy atom. The lowest BCUT2D eigenvalue weighted by Crippen LogP contribution is -2.43. The maximum atomic E-state index is 14.1. The van der Waals surface area contributed by atoms with Crippen molar-refractivity contribution in [3.8, 4) is 0 Å². The maximum Gasteiger partial charge on any atom is 0.321 e. The average molecular weight is 338 g/mol. The van der Waals surface area contributed by atoms with Crippen LogP contribution >= 0.6 is 0 Å². The molecule has 0 spiro atoms. The van der Waals surface area contributed by atoms with Crippen molar-refractivity contribution in [2.75, 3.05) is 50.1 Å². The molecule has 24 heavy (non-hydrogen) atoms. The van der Waals surface area contributed by atoms with Gasteiger partial charge in [-0.05, 0) is 25.0 Å². The number of methoxy groups -OCH3 is 1. The van der Waals surface area contributed by atoms with Crippen molar-refractivity contribution in [2.24, 2.45) is 0 Å². The molecule has 1 fully saturated rings. The van der Waals surface area contributed by atoms with E-state index in [0.29, 0.717) is 13.2 Å². The third-order valence-corrected chi connectivity index (χ3v) is 3.71. The Bertz CT molecular complexity index is 576. The van der Waals surface area contributed by atoms with Crippen molar-refractivity contribution in [1.82, 2.24) is 10.6 Å². The number of benzene rings is 1. The average Bonchev–Trinajstić information content (AvgIpc) is 3.08. The first kappa shape index (κ1) is 18.0. The zero-order valence-electron chi connectivity index (χ0n) is 13.7. The van der Waals surface area contributed by atoms with Crippen molar-refractivity contribution in [1.29, 1.82) is 0 Å². The highest BCUT2D eigenvalue weighted by Crippen LogP contribution is 2.30. The summed E-state index contributed by atoms with van der Waals surface area (Å²) in [4.78, 5) is 25.4. The number of imide groups is 1. The molecule has 0 aromatic heterocycles. The molecule has 0 aliphatic carbocycles. The Hall–Kier alpha value is -2.35. The van der Waals surface area contributed by atoms with Gasteiger partial charge in [0.05, 0.1) is 24.5 Å². The minimum atomic E-state index is -0.604. The molecule has 0 unspecified atom stereocenters. The Morgan fingerprint density at radius 1 is 1.29 bits per heavy atom. The van der Waals surface area contributed by atoms with Crippen molar-refractivity contribution in [3.63, 3.8) is 0 Å². The minimum Gasteiger partial charge on any atom is -0.383 e. The molecule has 1 aromatic carbocycles. The summed E-state index contributed by atoms with van der Waals surface area (Å²) in [5, 5.41) is 7.45. The zero-order chi connectivity index (χ0) is 17.4. The molecule has 1 saturated heterocycles. The summed E-state index contributed by atoms with van der Waals surface area (Å²) in [7, 11) is 1.51. The maximum absolute atomic E-state index is 14.1. The van der Waals surface area contributed by atoms with Crippen LogP contribution < -0.4 is 20.9 Å². The van der Waals surface area contributed by atoms with E-state index in [2.05, 4.69) is 20.9 Å². The fourth-order valence-corrected chi connectivity index (χ4v) is 2.56. The van der Waals surface area contributed by atoms with E-state index in [1.54, 1.807) is 6.07 Å². The predicted molar refractivity (Wildman–Crippen MR) is 89.8 cm³/mol. The smallest absolute Gasteiger partial charge is 0.321 e. The third kappa shape index (κ3) is 5.09. The van der Waals surface area contributed by atoms with Gasteiger partial charge in [0.15, 0.2) is 0 Å². The molecule has 1 aromatic rings. The number of hydrogen-bond acceptors (Lipinski definition) is 5. The second kappa shape index (κ2) is 9.07. The number of nitrogens with one attached hydrogen (secondary N) is 3. The molecule has 3 amide bonds. The van der Waals surface area contributed by atoms with Gasteiger partial charge in [-0.1, -0.05) is 6.07 Å². The van der Waals surface area contributed by atoms with E-state index in [4.69, 9.17) is 4.74 Å². The van der Waals surface area contributed by atoms with Gasteiger partial charge in [0.1, 0.15) is 5.82 Å². The van der Waals surface area contributed by atoms with E-state index in [0.717, 1.165) is 31.6 Å². The van der Waals surface area contributed by atoms with E-state index in [9.17, 15) is 14.0 Å². The van der Waals surface area contributed by atoms with Gasteiger partial charge >= 0.3 is 6.03 Å². The van der Waals surface area contributed by atoms with Crippen LogP contribution in [0.1, 0.15) is 12.8 Å². The number of urea groups is 1. The number of rotatable bonds is 7. The van der Waals surface area contributed by atoms with Crippen LogP contribution in [0.15, 0.2) is 18.2 Å². The van der Waals surface area contributed by atoms with E-state index in [-0.39, 0.29) is 12.2 Å². The minimum absolute atomic E-state index is 0.195. The van der Waals surface area contributed by atoms with Gasteiger partial charge in [0.2, 0.25) is 5.91 Å². The number of halogens is 1. The molecule has 3 N–H and O–H groups in total. The lowest BCUT2D eigenvalue weighted by atomic mass is 10.2. The summed E-state index contributed by atoms with van der Waals surface area (Å²) < 4.78 is 18.9. The molecule has 7 nitrogen and oxygen atoms in total. The van der Waals surface area contributed by atoms with E-state index >= 15 is 0 Å². The molecule has 1 aliphatic heterocycles. The van der Waals surface area contributed by atoms with Crippen LogP contribution in [0.5, 0.6) is 0 Å². The van der Waals surface area contributed by atoms with Gasteiger partial charge in [-0.2, -0.15) is 0 Å². The molecule has 0 atom stereocenters. The fourth-order valence-electron chi connectivity index (χ4n) is 2.56. The molecule has 0 saturated carbocycles.